The molecule has 4 nitrogen and oxygen atoms in total. The van der Waals surface area contributed by atoms with Gasteiger partial charge in [0.2, 0.25) is 5.91 Å². The number of halogens is 2. The normalized spacial score (nSPS) is 10.6. The molecule has 3 rings (SSSR count). The summed E-state index contributed by atoms with van der Waals surface area (Å²) < 4.78 is 1.85. The van der Waals surface area contributed by atoms with E-state index in [0.717, 1.165) is 22.5 Å². The number of para-hydroxylation sites is 1. The predicted octanol–water partition coefficient (Wildman–Crippen LogP) is 4.09. The second-order valence-corrected chi connectivity index (χ2v) is 6.23. The highest BCUT2D eigenvalue weighted by Crippen LogP contribution is 2.25. The molecule has 0 bridgehead atoms. The topological polar surface area (TPSA) is 46.9 Å². The number of hydrogen-bond acceptors (Lipinski definition) is 2. The highest BCUT2D eigenvalue weighted by Gasteiger charge is 2.12. The van der Waals surface area contributed by atoms with Crippen LogP contribution in [0.2, 0.25) is 5.02 Å². The molecule has 2 aromatic carbocycles. The van der Waals surface area contributed by atoms with E-state index >= 15 is 0 Å². The summed E-state index contributed by atoms with van der Waals surface area (Å²) in [6.45, 7) is 0.507. The molecule has 3 aromatic rings. The largest absolute Gasteiger partial charge is 0.355 e. The summed E-state index contributed by atoms with van der Waals surface area (Å²) in [6, 6.07) is 17.5. The molecule has 0 atom stereocenters. The Labute approximate surface area is 156 Å². The molecule has 6 heteroatoms. The Balaban J connectivity index is 1.91. The van der Waals surface area contributed by atoms with Gasteiger partial charge in [-0.1, -0.05) is 41.9 Å². The van der Waals surface area contributed by atoms with Crippen molar-refractivity contribution in [2.24, 2.45) is 0 Å². The van der Waals surface area contributed by atoms with Crippen molar-refractivity contribution in [2.45, 2.75) is 6.42 Å². The minimum atomic E-state index is -0.176. The first-order valence-corrected chi connectivity index (χ1v) is 8.81. The first kappa shape index (κ1) is 17.5. The first-order chi connectivity index (χ1) is 12.2. The van der Waals surface area contributed by atoms with Crippen LogP contribution in [0, 0.1) is 0 Å². The number of carbonyl (C=O) groups excluding carboxylic acids is 1. The summed E-state index contributed by atoms with van der Waals surface area (Å²) >= 11 is 11.5. The fourth-order valence-electron chi connectivity index (χ4n) is 2.54. The molecule has 0 aliphatic rings. The van der Waals surface area contributed by atoms with Crippen LogP contribution in [0.4, 0.5) is 0 Å². The van der Waals surface area contributed by atoms with Crippen molar-refractivity contribution < 1.29 is 4.79 Å². The van der Waals surface area contributed by atoms with Gasteiger partial charge in [0.25, 0.3) is 0 Å². The third-order valence-corrected chi connectivity index (χ3v) is 4.26. The smallest absolute Gasteiger partial charge is 0.234 e. The van der Waals surface area contributed by atoms with Gasteiger partial charge < -0.3 is 5.32 Å². The number of amides is 1. The number of benzene rings is 2. The Hall–Kier alpha value is -2.30. The SMILES string of the molecule is O=C(CCl)NCCc1cn(-c2ccccc2)nc1-c1ccc(Cl)cc1. The molecule has 0 saturated carbocycles. The summed E-state index contributed by atoms with van der Waals surface area (Å²) in [5.74, 6) is -0.210. The van der Waals surface area contributed by atoms with Crippen molar-refractivity contribution in [1.29, 1.82) is 0 Å². The van der Waals surface area contributed by atoms with Crippen molar-refractivity contribution in [1.82, 2.24) is 15.1 Å². The summed E-state index contributed by atoms with van der Waals surface area (Å²) in [6.07, 6.45) is 2.65. The molecule has 0 fully saturated rings. The van der Waals surface area contributed by atoms with E-state index in [1.165, 1.54) is 0 Å². The van der Waals surface area contributed by atoms with Gasteiger partial charge in [0, 0.05) is 28.9 Å². The van der Waals surface area contributed by atoms with Gasteiger partial charge in [-0.25, -0.2) is 4.68 Å². The van der Waals surface area contributed by atoms with Crippen LogP contribution in [0.15, 0.2) is 60.8 Å². The van der Waals surface area contributed by atoms with Gasteiger partial charge in [0.05, 0.1) is 11.4 Å². The van der Waals surface area contributed by atoms with Crippen molar-refractivity contribution in [3.63, 3.8) is 0 Å². The fraction of sp³-hybridized carbons (Fsp3) is 0.158. The number of rotatable bonds is 6. The number of nitrogens with one attached hydrogen (secondary N) is 1. The molecule has 0 saturated heterocycles. The molecule has 1 heterocycles. The van der Waals surface area contributed by atoms with E-state index in [0.29, 0.717) is 18.0 Å². The zero-order valence-corrected chi connectivity index (χ0v) is 15.0. The number of alkyl halides is 1. The molecule has 0 unspecified atom stereocenters. The maximum absolute atomic E-state index is 11.3. The van der Waals surface area contributed by atoms with Crippen molar-refractivity contribution in [3.8, 4) is 16.9 Å². The van der Waals surface area contributed by atoms with Gasteiger partial charge in [-0.05, 0) is 30.7 Å². The van der Waals surface area contributed by atoms with Gasteiger partial charge in [0.15, 0.2) is 0 Å². The Bertz CT molecular complexity index is 845. The van der Waals surface area contributed by atoms with Crippen molar-refractivity contribution >= 4 is 29.1 Å². The van der Waals surface area contributed by atoms with Crippen LogP contribution in [-0.4, -0.2) is 28.1 Å². The van der Waals surface area contributed by atoms with Crippen molar-refractivity contribution in [2.75, 3.05) is 12.4 Å². The summed E-state index contributed by atoms with van der Waals surface area (Å²) in [4.78, 5) is 11.3. The molecule has 1 N–H and O–H groups in total. The second kappa shape index (κ2) is 8.19. The Morgan fingerprint density at radius 3 is 2.48 bits per heavy atom. The predicted molar refractivity (Wildman–Crippen MR) is 101 cm³/mol. The Kier molecular flexibility index (Phi) is 5.74. The summed E-state index contributed by atoms with van der Waals surface area (Å²) in [5.41, 5.74) is 3.88. The van der Waals surface area contributed by atoms with E-state index in [1.54, 1.807) is 0 Å². The third kappa shape index (κ3) is 4.41. The van der Waals surface area contributed by atoms with Crippen LogP contribution in [-0.2, 0) is 11.2 Å². The van der Waals surface area contributed by atoms with E-state index < -0.39 is 0 Å². The molecule has 128 valence electrons. The van der Waals surface area contributed by atoms with Crippen LogP contribution in [0.3, 0.4) is 0 Å². The average Bonchev–Trinajstić information content (AvgIpc) is 3.07. The fourth-order valence-corrected chi connectivity index (χ4v) is 2.76. The zero-order valence-electron chi connectivity index (χ0n) is 13.5. The van der Waals surface area contributed by atoms with Crippen LogP contribution < -0.4 is 5.32 Å². The molecular formula is C19H17Cl2N3O. The molecule has 0 aliphatic carbocycles. The Morgan fingerprint density at radius 2 is 1.80 bits per heavy atom. The van der Waals surface area contributed by atoms with Gasteiger partial charge in [-0.15, -0.1) is 11.6 Å². The number of aromatic nitrogens is 2. The van der Waals surface area contributed by atoms with Gasteiger partial charge >= 0.3 is 0 Å². The molecule has 25 heavy (non-hydrogen) atoms. The maximum Gasteiger partial charge on any atom is 0.234 e. The van der Waals surface area contributed by atoms with Crippen LogP contribution in [0.25, 0.3) is 16.9 Å². The minimum absolute atomic E-state index is 0.0344. The lowest BCUT2D eigenvalue weighted by Gasteiger charge is -2.04. The lowest BCUT2D eigenvalue weighted by atomic mass is 10.1. The number of hydrogen-bond donors (Lipinski definition) is 1. The molecule has 1 amide bonds. The minimum Gasteiger partial charge on any atom is -0.355 e. The summed E-state index contributed by atoms with van der Waals surface area (Å²) in [5, 5.41) is 8.20. The Morgan fingerprint density at radius 1 is 1.08 bits per heavy atom. The molecule has 0 aliphatic heterocycles. The van der Waals surface area contributed by atoms with Gasteiger partial charge in [-0.3, -0.25) is 4.79 Å². The standard InChI is InChI=1S/C19H17Cl2N3O/c20-12-18(25)22-11-10-15-13-24(17-4-2-1-3-5-17)23-19(15)14-6-8-16(21)9-7-14/h1-9,13H,10-12H2,(H,22,25). The molecule has 0 spiro atoms. The van der Waals surface area contributed by atoms with E-state index in [-0.39, 0.29) is 11.8 Å². The van der Waals surface area contributed by atoms with Gasteiger partial charge in [0.1, 0.15) is 5.88 Å². The molecular weight excluding hydrogens is 357 g/mol. The van der Waals surface area contributed by atoms with Gasteiger partial charge in [-0.2, -0.15) is 5.10 Å². The third-order valence-electron chi connectivity index (χ3n) is 3.77. The maximum atomic E-state index is 11.3. The van der Waals surface area contributed by atoms with Crippen LogP contribution in [0.1, 0.15) is 5.56 Å². The molecule has 1 aromatic heterocycles. The quantitative estimate of drug-likeness (QED) is 0.661. The van der Waals surface area contributed by atoms with Crippen LogP contribution in [0.5, 0.6) is 0 Å². The van der Waals surface area contributed by atoms with E-state index in [4.69, 9.17) is 28.3 Å². The molecule has 0 radical (unpaired) electrons. The average molecular weight is 374 g/mol. The highest BCUT2D eigenvalue weighted by molar-refractivity contribution is 6.30. The van der Waals surface area contributed by atoms with Crippen molar-refractivity contribution in [3.05, 3.63) is 71.4 Å². The zero-order chi connectivity index (χ0) is 17.6. The van der Waals surface area contributed by atoms with Crippen LogP contribution >= 0.6 is 23.2 Å². The first-order valence-electron chi connectivity index (χ1n) is 7.90. The highest BCUT2D eigenvalue weighted by atomic mass is 35.5. The van der Waals surface area contributed by atoms with E-state index in [9.17, 15) is 4.79 Å². The van der Waals surface area contributed by atoms with E-state index in [2.05, 4.69) is 5.32 Å². The number of carbonyl (C=O) groups is 1. The summed E-state index contributed by atoms with van der Waals surface area (Å²) in [7, 11) is 0. The monoisotopic (exact) mass is 373 g/mol. The number of nitrogens with zero attached hydrogens (tertiary/aromatic N) is 2. The van der Waals surface area contributed by atoms with E-state index in [1.807, 2.05) is 65.5 Å². The lowest BCUT2D eigenvalue weighted by Crippen LogP contribution is -2.26. The second-order valence-electron chi connectivity index (χ2n) is 5.52. The lowest BCUT2D eigenvalue weighted by molar-refractivity contribution is -0.118.